The average Bonchev–Trinajstić information content (AvgIpc) is 2.69. The number of hydroxylamine groups is 2. The van der Waals surface area contributed by atoms with Crippen LogP contribution in [0.4, 0.5) is 0 Å². The lowest BCUT2D eigenvalue weighted by Crippen LogP contribution is -2.49. The molecule has 0 aromatic carbocycles. The number of carbonyl (C=O) groups is 2. The number of allylic oxidation sites excluding steroid dienone is 2. The van der Waals surface area contributed by atoms with Gasteiger partial charge in [0.1, 0.15) is 9.75 Å². The van der Waals surface area contributed by atoms with Crippen molar-refractivity contribution in [2.75, 3.05) is 0 Å². The highest BCUT2D eigenvalue weighted by molar-refractivity contribution is 6.66. The third kappa shape index (κ3) is 1.15. The van der Waals surface area contributed by atoms with Crippen LogP contribution in [-0.4, -0.2) is 36.2 Å². The third-order valence-corrected chi connectivity index (χ3v) is 8.14. The van der Waals surface area contributed by atoms with Crippen molar-refractivity contribution in [3.63, 3.8) is 0 Å². The molecule has 1 N–H and O–H groups in total. The number of hydrogen-bond acceptors (Lipinski definition) is 3. The van der Waals surface area contributed by atoms with Crippen molar-refractivity contribution < 1.29 is 14.8 Å². The van der Waals surface area contributed by atoms with Gasteiger partial charge in [0.15, 0.2) is 4.33 Å². The van der Waals surface area contributed by atoms with Crippen molar-refractivity contribution in [2.24, 2.45) is 11.8 Å². The summed E-state index contributed by atoms with van der Waals surface area (Å²) >= 11 is 37.0. The van der Waals surface area contributed by atoms with Crippen LogP contribution in [0, 0.1) is 11.8 Å². The molecule has 3 rings (SSSR count). The van der Waals surface area contributed by atoms with E-state index in [1.54, 1.807) is 0 Å². The Morgan fingerprint density at radius 1 is 0.895 bits per heavy atom. The van der Waals surface area contributed by atoms with E-state index in [1.165, 1.54) is 0 Å². The Balaban J connectivity index is 2.36. The van der Waals surface area contributed by atoms with Crippen molar-refractivity contribution in [3.05, 3.63) is 10.1 Å². The molecule has 0 aromatic heterocycles. The van der Waals surface area contributed by atoms with Crippen LogP contribution in [0.3, 0.4) is 0 Å². The third-order valence-electron chi connectivity index (χ3n) is 3.89. The Kier molecular flexibility index (Phi) is 2.80. The van der Waals surface area contributed by atoms with E-state index in [4.69, 9.17) is 69.6 Å². The quantitative estimate of drug-likeness (QED) is 0.396. The van der Waals surface area contributed by atoms with Crippen LogP contribution >= 0.6 is 69.6 Å². The number of amides is 2. The van der Waals surface area contributed by atoms with Crippen LogP contribution in [-0.2, 0) is 9.59 Å². The Hall–Kier alpha value is 0.580. The second-order valence-electron chi connectivity index (χ2n) is 4.57. The fourth-order valence-electron chi connectivity index (χ4n) is 2.98. The molecule has 2 fully saturated rings. The molecule has 0 radical (unpaired) electrons. The molecule has 3 aliphatic rings. The minimum atomic E-state index is -1.96. The highest BCUT2D eigenvalue weighted by atomic mass is 35.5. The van der Waals surface area contributed by atoms with E-state index in [0.29, 0.717) is 0 Å². The minimum absolute atomic E-state index is 0.0493. The summed E-state index contributed by atoms with van der Waals surface area (Å²) in [6.07, 6.45) is 0. The Bertz CT molecular complexity index is 530. The van der Waals surface area contributed by atoms with Gasteiger partial charge in [-0.2, -0.15) is 5.06 Å². The first-order chi connectivity index (χ1) is 8.54. The summed E-state index contributed by atoms with van der Waals surface area (Å²) in [7, 11) is 0. The van der Waals surface area contributed by atoms with Crippen LogP contribution in [0.1, 0.15) is 0 Å². The van der Waals surface area contributed by atoms with Crippen molar-refractivity contribution >= 4 is 81.4 Å². The van der Waals surface area contributed by atoms with E-state index in [9.17, 15) is 14.8 Å². The highest BCUT2D eigenvalue weighted by Gasteiger charge is 2.87. The molecule has 1 saturated carbocycles. The number of halogens is 6. The summed E-state index contributed by atoms with van der Waals surface area (Å²) in [5.41, 5.74) is 0. The largest absolute Gasteiger partial charge is 0.278 e. The second-order valence-corrected chi connectivity index (χ2v) is 7.85. The summed E-state index contributed by atoms with van der Waals surface area (Å²) in [6, 6.07) is 0. The second kappa shape index (κ2) is 3.67. The Morgan fingerprint density at radius 2 is 1.21 bits per heavy atom. The van der Waals surface area contributed by atoms with Gasteiger partial charge in [-0.05, 0) is 0 Å². The number of hydrogen-bond donors (Lipinski definition) is 1. The molecule has 0 aromatic rings. The molecule has 4 nitrogen and oxygen atoms in total. The van der Waals surface area contributed by atoms with E-state index in [2.05, 4.69) is 0 Å². The van der Waals surface area contributed by atoms with Gasteiger partial charge in [-0.3, -0.25) is 14.8 Å². The fraction of sp³-hybridized carbons (Fsp3) is 0.556. The summed E-state index contributed by atoms with van der Waals surface area (Å²) in [6.45, 7) is 0. The number of nitrogens with zero attached hydrogens (tertiary/aromatic N) is 1. The molecular formula is C9H3Cl6NO3. The molecule has 4 atom stereocenters. The molecule has 1 heterocycles. The van der Waals surface area contributed by atoms with Crippen molar-refractivity contribution in [1.29, 1.82) is 0 Å². The molecule has 1 aliphatic heterocycles. The monoisotopic (exact) mass is 383 g/mol. The topological polar surface area (TPSA) is 57.6 Å². The summed E-state index contributed by atoms with van der Waals surface area (Å²) in [5, 5.41) is 9.01. The van der Waals surface area contributed by atoms with Crippen LogP contribution in [0.15, 0.2) is 10.1 Å². The van der Waals surface area contributed by atoms with Gasteiger partial charge in [0.2, 0.25) is 0 Å². The molecular weight excluding hydrogens is 383 g/mol. The molecule has 2 bridgehead atoms. The van der Waals surface area contributed by atoms with Gasteiger partial charge in [-0.25, -0.2) is 0 Å². The van der Waals surface area contributed by atoms with Crippen LogP contribution in [0.25, 0.3) is 0 Å². The van der Waals surface area contributed by atoms with Gasteiger partial charge in [-0.15, -0.1) is 23.2 Å². The number of carbonyl (C=O) groups excluding carboxylic acids is 2. The molecule has 0 spiro atoms. The number of imide groups is 1. The fourth-order valence-corrected chi connectivity index (χ4v) is 5.91. The van der Waals surface area contributed by atoms with Gasteiger partial charge >= 0.3 is 0 Å². The van der Waals surface area contributed by atoms with Gasteiger partial charge in [0.05, 0.1) is 21.9 Å². The van der Waals surface area contributed by atoms with Gasteiger partial charge in [0.25, 0.3) is 11.8 Å². The molecule has 1 saturated heterocycles. The lowest BCUT2D eigenvalue weighted by Gasteiger charge is -2.33. The predicted molar refractivity (Wildman–Crippen MR) is 71.0 cm³/mol. The summed E-state index contributed by atoms with van der Waals surface area (Å²) in [4.78, 5) is 20.2. The van der Waals surface area contributed by atoms with Crippen molar-refractivity contribution in [2.45, 2.75) is 14.1 Å². The standard InChI is InChI=1S/C9H3Cl6NO3/c10-3-4(11)8(13)2-1(5(17)16(19)6(2)18)7(3,12)9(8,14)15/h1-2,19H/t1-,2-,7+,8+/m1/s1. The molecule has 2 amide bonds. The number of alkyl halides is 4. The first-order valence-electron chi connectivity index (χ1n) is 4.93. The zero-order valence-electron chi connectivity index (χ0n) is 8.63. The lowest BCUT2D eigenvalue weighted by atomic mass is 9.84. The van der Waals surface area contributed by atoms with E-state index in [1.807, 2.05) is 0 Å². The van der Waals surface area contributed by atoms with Gasteiger partial charge in [0, 0.05) is 0 Å². The number of fused-ring (bicyclic) bond motifs is 5. The maximum atomic E-state index is 11.9. The first-order valence-corrected chi connectivity index (χ1v) is 7.20. The molecule has 10 heteroatoms. The number of rotatable bonds is 0. The van der Waals surface area contributed by atoms with E-state index in [0.717, 1.165) is 0 Å². The van der Waals surface area contributed by atoms with Crippen LogP contribution < -0.4 is 0 Å². The zero-order valence-corrected chi connectivity index (χ0v) is 13.2. The van der Waals surface area contributed by atoms with Crippen LogP contribution in [0.2, 0.25) is 0 Å². The molecule has 2 aliphatic carbocycles. The van der Waals surface area contributed by atoms with Crippen molar-refractivity contribution in [3.8, 4) is 0 Å². The zero-order chi connectivity index (χ0) is 14.5. The predicted octanol–water partition coefficient (Wildman–Crippen LogP) is 2.82. The van der Waals surface area contributed by atoms with E-state index < -0.39 is 37.7 Å². The maximum absolute atomic E-state index is 11.9. The Morgan fingerprint density at radius 3 is 1.53 bits per heavy atom. The molecule has 19 heavy (non-hydrogen) atoms. The normalized spacial score (nSPS) is 47.4. The summed E-state index contributed by atoms with van der Waals surface area (Å²) in [5.74, 6) is -4.45. The van der Waals surface area contributed by atoms with Gasteiger partial charge < -0.3 is 0 Å². The smallest absolute Gasteiger partial charge is 0.259 e. The SMILES string of the molecule is O=C1[C@H]2[C@H](C(=O)N1O)[C@]1(Cl)C(Cl)=C(Cl)[C@]2(Cl)C1(Cl)Cl. The molecule has 0 unspecified atom stereocenters. The van der Waals surface area contributed by atoms with E-state index in [-0.39, 0.29) is 15.1 Å². The van der Waals surface area contributed by atoms with Crippen LogP contribution in [0.5, 0.6) is 0 Å². The summed E-state index contributed by atoms with van der Waals surface area (Å²) < 4.78 is -1.96. The highest BCUT2D eigenvalue weighted by Crippen LogP contribution is 2.77. The van der Waals surface area contributed by atoms with E-state index >= 15 is 0 Å². The van der Waals surface area contributed by atoms with Gasteiger partial charge in [-0.1, -0.05) is 46.4 Å². The average molecular weight is 386 g/mol. The minimum Gasteiger partial charge on any atom is -0.278 e. The Labute approximate surface area is 137 Å². The molecule has 104 valence electrons. The van der Waals surface area contributed by atoms with Crippen molar-refractivity contribution in [1.82, 2.24) is 5.06 Å². The first kappa shape index (κ1) is 14.5. The maximum Gasteiger partial charge on any atom is 0.259 e. The lowest BCUT2D eigenvalue weighted by molar-refractivity contribution is -0.173.